The molecule has 0 spiro atoms. The molecule has 2 aromatic heterocycles. The van der Waals surface area contributed by atoms with Gasteiger partial charge in [-0.2, -0.15) is 0 Å². The van der Waals surface area contributed by atoms with Crippen LogP contribution in [0, 0.1) is 0 Å². The van der Waals surface area contributed by atoms with E-state index in [0.29, 0.717) is 11.6 Å². The second-order valence-corrected chi connectivity index (χ2v) is 9.29. The molecular weight excluding hydrogens is 482 g/mol. The van der Waals surface area contributed by atoms with Crippen molar-refractivity contribution in [2.75, 3.05) is 0 Å². The molecule has 4 aromatic carbocycles. The smallest absolute Gasteiger partial charge is 0.159 e. The van der Waals surface area contributed by atoms with Gasteiger partial charge in [0.2, 0.25) is 0 Å². The minimum absolute atomic E-state index is 0.654. The minimum atomic E-state index is -0.703. The monoisotopic (exact) mass is 505 g/mol. The van der Waals surface area contributed by atoms with Crippen molar-refractivity contribution in [1.82, 2.24) is 15.0 Å². The van der Waals surface area contributed by atoms with Gasteiger partial charge >= 0.3 is 0 Å². The molecule has 186 valence electrons. The van der Waals surface area contributed by atoms with Crippen molar-refractivity contribution in [3.05, 3.63) is 162 Å². The summed E-state index contributed by atoms with van der Waals surface area (Å²) in [6, 6.07) is 40.3. The highest BCUT2D eigenvalue weighted by atomic mass is 16.5. The molecule has 0 N–H and O–H groups in total. The van der Waals surface area contributed by atoms with Crippen LogP contribution in [-0.2, 0) is 5.41 Å². The lowest BCUT2D eigenvalue weighted by Gasteiger charge is -2.40. The summed E-state index contributed by atoms with van der Waals surface area (Å²) in [4.78, 5) is 13.6. The highest BCUT2D eigenvalue weighted by Crippen LogP contribution is 2.54. The van der Waals surface area contributed by atoms with Gasteiger partial charge in [-0.15, -0.1) is 0 Å². The molecule has 39 heavy (non-hydrogen) atoms. The van der Waals surface area contributed by atoms with Crippen molar-refractivity contribution < 1.29 is 9.47 Å². The van der Waals surface area contributed by atoms with Crippen LogP contribution in [0.15, 0.2) is 140 Å². The van der Waals surface area contributed by atoms with Crippen LogP contribution in [0.25, 0.3) is 11.4 Å². The van der Waals surface area contributed by atoms with Gasteiger partial charge in [-0.05, 0) is 60.2 Å². The average Bonchev–Trinajstić information content (AvgIpc) is 3.01. The Labute approximate surface area is 226 Å². The molecule has 0 aliphatic carbocycles. The molecule has 1 aliphatic rings. The van der Waals surface area contributed by atoms with Gasteiger partial charge < -0.3 is 9.47 Å². The number of rotatable bonds is 5. The fraction of sp³-hybridized carbons (Fsp3) is 0.0294. The Morgan fingerprint density at radius 3 is 1.90 bits per heavy atom. The molecule has 1 aliphatic heterocycles. The lowest BCUT2D eigenvalue weighted by atomic mass is 9.65. The maximum Gasteiger partial charge on any atom is 0.159 e. The minimum Gasteiger partial charge on any atom is -0.457 e. The highest BCUT2D eigenvalue weighted by molar-refractivity contribution is 5.68. The molecular formula is C34H23N3O2. The summed E-state index contributed by atoms with van der Waals surface area (Å²) in [6.45, 7) is 0. The fourth-order valence-electron chi connectivity index (χ4n) is 5.39. The maximum atomic E-state index is 6.42. The summed E-state index contributed by atoms with van der Waals surface area (Å²) >= 11 is 0. The van der Waals surface area contributed by atoms with Crippen LogP contribution in [0.4, 0.5) is 0 Å². The van der Waals surface area contributed by atoms with E-state index < -0.39 is 5.41 Å². The van der Waals surface area contributed by atoms with E-state index in [-0.39, 0.29) is 0 Å². The van der Waals surface area contributed by atoms with E-state index in [0.717, 1.165) is 45.2 Å². The Hall–Kier alpha value is -5.29. The number of hydrogen-bond donors (Lipinski definition) is 0. The topological polar surface area (TPSA) is 57.1 Å². The second kappa shape index (κ2) is 9.54. The third-order valence-corrected chi connectivity index (χ3v) is 7.01. The predicted octanol–water partition coefficient (Wildman–Crippen LogP) is 7.82. The van der Waals surface area contributed by atoms with Crippen molar-refractivity contribution >= 4 is 0 Å². The Kier molecular flexibility index (Phi) is 5.60. The van der Waals surface area contributed by atoms with Crippen LogP contribution in [-0.4, -0.2) is 15.0 Å². The summed E-state index contributed by atoms with van der Waals surface area (Å²) in [6.07, 6.45) is 5.31. The Morgan fingerprint density at radius 1 is 0.538 bits per heavy atom. The van der Waals surface area contributed by atoms with Gasteiger partial charge in [0.05, 0.1) is 11.1 Å². The van der Waals surface area contributed by atoms with E-state index in [1.165, 1.54) is 0 Å². The molecule has 0 unspecified atom stereocenters. The summed E-state index contributed by atoms with van der Waals surface area (Å²) in [5, 5.41) is 0. The first kappa shape index (κ1) is 22.9. The van der Waals surface area contributed by atoms with E-state index >= 15 is 0 Å². The van der Waals surface area contributed by atoms with E-state index in [9.17, 15) is 0 Å². The quantitative estimate of drug-likeness (QED) is 0.239. The van der Waals surface area contributed by atoms with Gasteiger partial charge in [0.25, 0.3) is 0 Å². The fourth-order valence-corrected chi connectivity index (χ4v) is 5.39. The van der Waals surface area contributed by atoms with Crippen molar-refractivity contribution in [3.8, 4) is 34.4 Å². The van der Waals surface area contributed by atoms with Gasteiger partial charge in [-0.3, -0.25) is 4.98 Å². The first-order valence-corrected chi connectivity index (χ1v) is 12.8. The molecule has 0 radical (unpaired) electrons. The van der Waals surface area contributed by atoms with Crippen LogP contribution < -0.4 is 9.47 Å². The van der Waals surface area contributed by atoms with E-state index in [1.807, 2.05) is 91.1 Å². The Morgan fingerprint density at radius 2 is 1.18 bits per heavy atom. The molecule has 0 bridgehead atoms. The summed E-state index contributed by atoms with van der Waals surface area (Å²) in [7, 11) is 0. The zero-order valence-corrected chi connectivity index (χ0v) is 20.9. The van der Waals surface area contributed by atoms with Gasteiger partial charge in [0.1, 0.15) is 23.0 Å². The van der Waals surface area contributed by atoms with E-state index in [1.54, 1.807) is 18.5 Å². The third kappa shape index (κ3) is 3.92. The average molecular weight is 506 g/mol. The number of aromatic nitrogens is 3. The van der Waals surface area contributed by atoms with Crippen molar-refractivity contribution in [2.45, 2.75) is 5.41 Å². The predicted molar refractivity (Wildman–Crippen MR) is 150 cm³/mol. The van der Waals surface area contributed by atoms with Crippen molar-refractivity contribution in [3.63, 3.8) is 0 Å². The zero-order valence-electron chi connectivity index (χ0n) is 20.9. The van der Waals surface area contributed by atoms with Crippen LogP contribution in [0.1, 0.15) is 22.4 Å². The van der Waals surface area contributed by atoms with Gasteiger partial charge in [0.15, 0.2) is 5.82 Å². The standard InChI is InChI=1S/C34H23N3O2/c1-3-16-30-28(14-1)34(32-18-5-6-19-35-32,29-15-2-4-17-31(29)39-30)25-11-8-13-27(23-25)38-26-12-7-10-24(22-26)33-36-20-9-21-37-33/h1-23H. The molecule has 5 nitrogen and oxygen atoms in total. The van der Waals surface area contributed by atoms with Gasteiger partial charge in [-0.1, -0.05) is 66.7 Å². The molecule has 0 saturated carbocycles. The summed E-state index contributed by atoms with van der Waals surface area (Å²) in [5.74, 6) is 3.70. The van der Waals surface area contributed by atoms with Crippen molar-refractivity contribution in [2.24, 2.45) is 0 Å². The SMILES string of the molecule is c1ccc(C2(c3cccc(Oc4cccc(-c5ncccn5)c4)c3)c3ccccc3Oc3ccccc32)nc1. The largest absolute Gasteiger partial charge is 0.457 e. The molecule has 0 amide bonds. The number of para-hydroxylation sites is 2. The molecule has 0 atom stereocenters. The molecule has 7 rings (SSSR count). The lowest BCUT2D eigenvalue weighted by molar-refractivity contribution is 0.431. The molecule has 3 heterocycles. The highest BCUT2D eigenvalue weighted by Gasteiger charge is 2.46. The van der Waals surface area contributed by atoms with Crippen LogP contribution in [0.5, 0.6) is 23.0 Å². The Bertz CT molecular complexity index is 1730. The lowest BCUT2D eigenvalue weighted by Crippen LogP contribution is -2.35. The number of hydrogen-bond acceptors (Lipinski definition) is 5. The summed E-state index contributed by atoms with van der Waals surface area (Å²) < 4.78 is 12.8. The van der Waals surface area contributed by atoms with Gasteiger partial charge in [0, 0.05) is 35.3 Å². The normalized spacial score (nSPS) is 13.0. The third-order valence-electron chi connectivity index (χ3n) is 7.01. The van der Waals surface area contributed by atoms with Crippen molar-refractivity contribution in [1.29, 1.82) is 0 Å². The molecule has 6 aromatic rings. The van der Waals surface area contributed by atoms with Crippen LogP contribution in [0.3, 0.4) is 0 Å². The number of fused-ring (bicyclic) bond motifs is 2. The zero-order chi connectivity index (χ0) is 26.1. The van der Waals surface area contributed by atoms with E-state index in [2.05, 4.69) is 40.3 Å². The first-order chi connectivity index (χ1) is 19.3. The molecule has 0 saturated heterocycles. The number of ether oxygens (including phenoxy) is 2. The number of benzene rings is 4. The maximum absolute atomic E-state index is 6.42. The van der Waals surface area contributed by atoms with E-state index in [4.69, 9.17) is 14.5 Å². The molecule has 5 heteroatoms. The van der Waals surface area contributed by atoms with Crippen LogP contribution in [0.2, 0.25) is 0 Å². The Balaban J connectivity index is 1.39. The second-order valence-electron chi connectivity index (χ2n) is 9.29. The van der Waals surface area contributed by atoms with Gasteiger partial charge in [-0.25, -0.2) is 9.97 Å². The summed E-state index contributed by atoms with van der Waals surface area (Å²) in [5.41, 5.74) is 4.19. The number of nitrogens with zero attached hydrogens (tertiary/aromatic N) is 3. The number of pyridine rings is 1. The first-order valence-electron chi connectivity index (χ1n) is 12.8. The van der Waals surface area contributed by atoms with Crippen LogP contribution >= 0.6 is 0 Å². The molecule has 0 fully saturated rings.